The van der Waals surface area contributed by atoms with E-state index in [9.17, 15) is 0 Å². The van der Waals surface area contributed by atoms with Gasteiger partial charge in [0.1, 0.15) is 0 Å². The second-order valence-electron chi connectivity index (χ2n) is 3.91. The van der Waals surface area contributed by atoms with Gasteiger partial charge >= 0.3 is 0 Å². The average molecular weight is 323 g/mol. The van der Waals surface area contributed by atoms with E-state index in [-0.39, 0.29) is 40.1 Å². The topological polar surface area (TPSA) is 0 Å². The van der Waals surface area contributed by atoms with Gasteiger partial charge in [-0.05, 0) is 0 Å². The molecule has 0 N–H and O–H groups in total. The van der Waals surface area contributed by atoms with Crippen LogP contribution in [0.1, 0.15) is 18.1 Å². The quantitative estimate of drug-likeness (QED) is 0.554. The van der Waals surface area contributed by atoms with Crippen LogP contribution in [0, 0.1) is 13.5 Å². The van der Waals surface area contributed by atoms with Gasteiger partial charge < -0.3 is 7.43 Å². The molecular formula is C18H18Y-2. The van der Waals surface area contributed by atoms with Gasteiger partial charge in [-0.2, -0.15) is 12.2 Å². The van der Waals surface area contributed by atoms with Crippen LogP contribution >= 0.6 is 0 Å². The SMILES string of the molecule is C=[C-]C(C)=C(c1ccccc1)c1ccccc1.[CH3-].[Y]. The van der Waals surface area contributed by atoms with E-state index in [1.807, 2.05) is 19.1 Å². The molecule has 0 atom stereocenters. The van der Waals surface area contributed by atoms with Crippen LogP contribution in [0.5, 0.6) is 0 Å². The minimum atomic E-state index is 0. The minimum absolute atomic E-state index is 0. The fraction of sp³-hybridized carbons (Fsp3) is 0.0556. The number of hydrogen-bond acceptors (Lipinski definition) is 0. The van der Waals surface area contributed by atoms with E-state index in [1.54, 1.807) is 0 Å². The van der Waals surface area contributed by atoms with Gasteiger partial charge in [0.15, 0.2) is 0 Å². The third-order valence-corrected chi connectivity index (χ3v) is 2.77. The van der Waals surface area contributed by atoms with Gasteiger partial charge in [0.25, 0.3) is 0 Å². The maximum Gasteiger partial charge on any atom is 0 e. The molecule has 2 rings (SSSR count). The van der Waals surface area contributed by atoms with Crippen molar-refractivity contribution in [2.75, 3.05) is 0 Å². The second-order valence-corrected chi connectivity index (χ2v) is 3.91. The van der Waals surface area contributed by atoms with Crippen LogP contribution in [-0.4, -0.2) is 0 Å². The van der Waals surface area contributed by atoms with E-state index in [2.05, 4.69) is 61.2 Å². The van der Waals surface area contributed by atoms with Crippen LogP contribution in [0.3, 0.4) is 0 Å². The van der Waals surface area contributed by atoms with Crippen LogP contribution in [0.15, 0.2) is 72.8 Å². The molecule has 0 aliphatic heterocycles. The van der Waals surface area contributed by atoms with Crippen molar-refractivity contribution in [3.05, 3.63) is 97.4 Å². The van der Waals surface area contributed by atoms with Crippen molar-refractivity contribution < 1.29 is 32.7 Å². The third-order valence-electron chi connectivity index (χ3n) is 2.77. The maximum atomic E-state index is 3.75. The zero-order valence-corrected chi connectivity index (χ0v) is 14.4. The normalized spacial score (nSPS) is 8.68. The predicted molar refractivity (Wildman–Crippen MR) is 79.9 cm³/mol. The third kappa shape index (κ3) is 4.56. The summed E-state index contributed by atoms with van der Waals surface area (Å²) in [6.45, 7) is 5.79. The maximum absolute atomic E-state index is 3.75. The van der Waals surface area contributed by atoms with Crippen LogP contribution in [-0.2, 0) is 32.7 Å². The molecule has 2 aromatic rings. The Morgan fingerprint density at radius 3 is 1.53 bits per heavy atom. The number of benzene rings is 2. The molecule has 0 aliphatic rings. The van der Waals surface area contributed by atoms with E-state index >= 15 is 0 Å². The summed E-state index contributed by atoms with van der Waals surface area (Å²) < 4.78 is 0. The molecule has 1 radical (unpaired) electrons. The molecule has 1 heteroatoms. The molecule has 0 aliphatic carbocycles. The molecule has 0 heterocycles. The molecule has 0 fully saturated rings. The number of rotatable bonds is 3. The standard InChI is InChI=1S/C17H15.CH3.Y/c1-3-14(2)17(15-10-6-4-7-11-15)16-12-8-5-9-13-16;;/h4-13H,1H2,2H3;1H3;/q2*-1;. The van der Waals surface area contributed by atoms with E-state index in [4.69, 9.17) is 0 Å². The van der Waals surface area contributed by atoms with Crippen molar-refractivity contribution in [3.8, 4) is 0 Å². The first-order valence-electron chi connectivity index (χ1n) is 5.67. The van der Waals surface area contributed by atoms with Crippen LogP contribution in [0.2, 0.25) is 0 Å². The summed E-state index contributed by atoms with van der Waals surface area (Å²) >= 11 is 0. The largest absolute Gasteiger partial charge is 0.358 e. The molecule has 2 aromatic carbocycles. The van der Waals surface area contributed by atoms with Gasteiger partial charge in [-0.25, -0.2) is 5.57 Å². The van der Waals surface area contributed by atoms with Crippen molar-refractivity contribution in [2.45, 2.75) is 6.92 Å². The molecule has 19 heavy (non-hydrogen) atoms. The second kappa shape index (κ2) is 9.01. The molecule has 0 saturated heterocycles. The first-order chi connectivity index (χ1) is 8.33. The van der Waals surface area contributed by atoms with Crippen molar-refractivity contribution in [1.82, 2.24) is 0 Å². The Balaban J connectivity index is 0.00000162. The van der Waals surface area contributed by atoms with Gasteiger partial charge in [-0.15, -0.1) is 0 Å². The Hall–Kier alpha value is -0.976. The van der Waals surface area contributed by atoms with E-state index in [0.29, 0.717) is 0 Å². The molecule has 0 amide bonds. The summed E-state index contributed by atoms with van der Waals surface area (Å²) in [5, 5.41) is 0. The Morgan fingerprint density at radius 1 is 0.842 bits per heavy atom. The fourth-order valence-corrected chi connectivity index (χ4v) is 1.90. The minimum Gasteiger partial charge on any atom is -0.358 e. The van der Waals surface area contributed by atoms with Gasteiger partial charge in [-0.3, -0.25) is 6.08 Å². The first-order valence-corrected chi connectivity index (χ1v) is 5.67. The van der Waals surface area contributed by atoms with Crippen LogP contribution in [0.4, 0.5) is 0 Å². The Bertz CT molecular complexity index is 483. The zero-order chi connectivity index (χ0) is 12.1. The van der Waals surface area contributed by atoms with Gasteiger partial charge in [0.05, 0.1) is 0 Å². The van der Waals surface area contributed by atoms with Crippen molar-refractivity contribution >= 4 is 5.57 Å². The molecule has 0 aromatic heterocycles. The van der Waals surface area contributed by atoms with Crippen LogP contribution in [0.25, 0.3) is 5.57 Å². The molecule has 0 saturated carbocycles. The summed E-state index contributed by atoms with van der Waals surface area (Å²) in [7, 11) is 0. The molecule has 0 unspecified atom stereocenters. The molecule has 0 spiro atoms. The van der Waals surface area contributed by atoms with Gasteiger partial charge in [-0.1, -0.05) is 78.7 Å². The summed E-state index contributed by atoms with van der Waals surface area (Å²) in [6.07, 6.45) is 2.99. The number of hydrogen-bond donors (Lipinski definition) is 0. The zero-order valence-electron chi connectivity index (χ0n) is 11.6. The van der Waals surface area contributed by atoms with Crippen molar-refractivity contribution in [2.24, 2.45) is 0 Å². The molecule has 95 valence electrons. The molecule has 0 nitrogen and oxygen atoms in total. The van der Waals surface area contributed by atoms with Crippen molar-refractivity contribution in [3.63, 3.8) is 0 Å². The Labute approximate surface area is 142 Å². The number of allylic oxidation sites excluding steroid dienone is 2. The summed E-state index contributed by atoms with van der Waals surface area (Å²) in [4.78, 5) is 0. The summed E-state index contributed by atoms with van der Waals surface area (Å²) in [5.74, 6) is 0. The van der Waals surface area contributed by atoms with E-state index in [0.717, 1.165) is 5.57 Å². The van der Waals surface area contributed by atoms with E-state index in [1.165, 1.54) is 16.7 Å². The van der Waals surface area contributed by atoms with Crippen molar-refractivity contribution in [1.29, 1.82) is 0 Å². The molecule has 0 bridgehead atoms. The predicted octanol–water partition coefficient (Wildman–Crippen LogP) is 4.95. The van der Waals surface area contributed by atoms with Gasteiger partial charge in [0, 0.05) is 32.7 Å². The van der Waals surface area contributed by atoms with Gasteiger partial charge in [0.2, 0.25) is 0 Å². The smallest absolute Gasteiger partial charge is 0 e. The average Bonchev–Trinajstić information content (AvgIpc) is 2.41. The monoisotopic (exact) mass is 323 g/mol. The Kier molecular flexibility index (Phi) is 8.55. The fourth-order valence-electron chi connectivity index (χ4n) is 1.90. The first kappa shape index (κ1) is 18.0. The summed E-state index contributed by atoms with van der Waals surface area (Å²) in [6, 6.07) is 20.7. The van der Waals surface area contributed by atoms with Crippen LogP contribution < -0.4 is 0 Å². The van der Waals surface area contributed by atoms with E-state index < -0.39 is 0 Å². The summed E-state index contributed by atoms with van der Waals surface area (Å²) in [5.41, 5.74) is 4.67. The Morgan fingerprint density at radius 2 is 1.21 bits per heavy atom. The molecular weight excluding hydrogens is 305 g/mol.